The maximum Gasteiger partial charge on any atom is 0.416 e. The normalized spacial score (nSPS) is 21.3. The molecule has 1 fully saturated rings. The fourth-order valence-corrected chi connectivity index (χ4v) is 4.49. The zero-order valence-electron chi connectivity index (χ0n) is 15.8. The second-order valence-corrected chi connectivity index (χ2v) is 7.76. The molecule has 0 radical (unpaired) electrons. The van der Waals surface area contributed by atoms with Crippen LogP contribution in [0, 0.1) is 11.7 Å². The van der Waals surface area contributed by atoms with Gasteiger partial charge in [0.05, 0.1) is 11.5 Å². The standard InChI is InChI=1S/C22H22F4N2O/c23-17-5-3-4-14(10-17)13-27-21(29)18-12-15-11-16(22(24,25)26)7-8-19(15)28-9-2-1-6-20(18)28/h3-5,7-8,10-11,18,20H,1-2,6,9,12-13H2,(H,27,29)/t18-,20-/m1/s1. The molecule has 2 atom stereocenters. The molecule has 0 aliphatic carbocycles. The van der Waals surface area contributed by atoms with Crippen LogP contribution in [-0.4, -0.2) is 18.5 Å². The zero-order valence-corrected chi connectivity index (χ0v) is 15.8. The molecule has 29 heavy (non-hydrogen) atoms. The molecule has 154 valence electrons. The summed E-state index contributed by atoms with van der Waals surface area (Å²) in [5.41, 5.74) is 1.32. The summed E-state index contributed by atoms with van der Waals surface area (Å²) >= 11 is 0. The van der Waals surface area contributed by atoms with Crippen molar-refractivity contribution in [2.24, 2.45) is 5.92 Å². The molecule has 2 aromatic carbocycles. The number of amides is 1. The Morgan fingerprint density at radius 3 is 2.72 bits per heavy atom. The molecule has 2 aromatic rings. The number of nitrogens with zero attached hydrogens (tertiary/aromatic N) is 1. The summed E-state index contributed by atoms with van der Waals surface area (Å²) in [6, 6.07) is 9.80. The van der Waals surface area contributed by atoms with Crippen LogP contribution < -0.4 is 10.2 Å². The Hall–Kier alpha value is -2.57. The Morgan fingerprint density at radius 2 is 1.97 bits per heavy atom. The number of carbonyl (C=O) groups is 1. The monoisotopic (exact) mass is 406 g/mol. The second kappa shape index (κ2) is 7.69. The second-order valence-electron chi connectivity index (χ2n) is 7.76. The maximum absolute atomic E-state index is 13.4. The van der Waals surface area contributed by atoms with Gasteiger partial charge in [-0.2, -0.15) is 13.2 Å². The molecule has 1 saturated heterocycles. The summed E-state index contributed by atoms with van der Waals surface area (Å²) in [4.78, 5) is 15.0. The minimum atomic E-state index is -4.41. The van der Waals surface area contributed by atoms with Gasteiger partial charge in [0.25, 0.3) is 0 Å². The van der Waals surface area contributed by atoms with E-state index in [1.165, 1.54) is 24.3 Å². The smallest absolute Gasteiger partial charge is 0.368 e. The SMILES string of the molecule is O=C(NCc1cccc(F)c1)[C@@H]1Cc2cc(C(F)(F)F)ccc2N2CCCC[C@H]12. The average molecular weight is 406 g/mol. The zero-order chi connectivity index (χ0) is 20.6. The van der Waals surface area contributed by atoms with Gasteiger partial charge < -0.3 is 10.2 Å². The lowest BCUT2D eigenvalue weighted by Gasteiger charge is -2.46. The topological polar surface area (TPSA) is 32.3 Å². The number of hydrogen-bond acceptors (Lipinski definition) is 2. The van der Waals surface area contributed by atoms with E-state index >= 15 is 0 Å². The first kappa shape index (κ1) is 19.7. The summed E-state index contributed by atoms with van der Waals surface area (Å²) in [5, 5.41) is 2.85. The third kappa shape index (κ3) is 4.09. The van der Waals surface area contributed by atoms with E-state index in [1.54, 1.807) is 12.1 Å². The summed E-state index contributed by atoms with van der Waals surface area (Å²) in [5.74, 6) is -1.00. The first-order chi connectivity index (χ1) is 13.8. The molecule has 2 aliphatic heterocycles. The minimum absolute atomic E-state index is 0.0273. The van der Waals surface area contributed by atoms with Crippen molar-refractivity contribution in [3.8, 4) is 0 Å². The lowest BCUT2D eigenvalue weighted by molar-refractivity contribution is -0.137. The van der Waals surface area contributed by atoms with E-state index in [1.807, 2.05) is 0 Å². The molecule has 0 unspecified atom stereocenters. The number of halogens is 4. The van der Waals surface area contributed by atoms with Crippen LogP contribution in [0.5, 0.6) is 0 Å². The highest BCUT2D eigenvalue weighted by Gasteiger charge is 2.40. The Kier molecular flexibility index (Phi) is 5.23. The van der Waals surface area contributed by atoms with Crippen LogP contribution in [0.4, 0.5) is 23.2 Å². The number of fused-ring (bicyclic) bond motifs is 3. The van der Waals surface area contributed by atoms with Crippen LogP contribution in [0.3, 0.4) is 0 Å². The molecule has 0 bridgehead atoms. The van der Waals surface area contributed by atoms with Gasteiger partial charge in [0, 0.05) is 24.8 Å². The van der Waals surface area contributed by atoms with E-state index in [9.17, 15) is 22.4 Å². The van der Waals surface area contributed by atoms with E-state index in [-0.39, 0.29) is 30.7 Å². The molecule has 0 aromatic heterocycles. The van der Waals surface area contributed by atoms with E-state index in [0.29, 0.717) is 11.1 Å². The van der Waals surface area contributed by atoms with Crippen LogP contribution in [0.2, 0.25) is 0 Å². The number of anilines is 1. The molecular weight excluding hydrogens is 384 g/mol. The molecular formula is C22H22F4N2O. The summed E-state index contributed by atoms with van der Waals surface area (Å²) in [7, 11) is 0. The number of carbonyl (C=O) groups excluding carboxylic acids is 1. The van der Waals surface area contributed by atoms with E-state index in [0.717, 1.165) is 37.6 Å². The molecule has 4 rings (SSSR count). The highest BCUT2D eigenvalue weighted by molar-refractivity contribution is 5.82. The van der Waals surface area contributed by atoms with Gasteiger partial charge in [0.2, 0.25) is 5.91 Å². The molecule has 2 aliphatic rings. The fraction of sp³-hybridized carbons (Fsp3) is 0.409. The molecule has 2 heterocycles. The van der Waals surface area contributed by atoms with Crippen LogP contribution in [0.1, 0.15) is 36.0 Å². The summed E-state index contributed by atoms with van der Waals surface area (Å²) < 4.78 is 52.8. The summed E-state index contributed by atoms with van der Waals surface area (Å²) in [6.07, 6.45) is -1.36. The lowest BCUT2D eigenvalue weighted by atomic mass is 9.80. The van der Waals surface area contributed by atoms with Crippen LogP contribution in [0.25, 0.3) is 0 Å². The number of nitrogens with one attached hydrogen (secondary N) is 1. The third-order valence-electron chi connectivity index (χ3n) is 5.86. The first-order valence-corrected chi connectivity index (χ1v) is 9.82. The molecule has 1 amide bonds. The van der Waals surface area contributed by atoms with Gasteiger partial charge in [-0.25, -0.2) is 4.39 Å². The van der Waals surface area contributed by atoms with Gasteiger partial charge in [-0.3, -0.25) is 4.79 Å². The predicted molar refractivity (Wildman–Crippen MR) is 102 cm³/mol. The van der Waals surface area contributed by atoms with Gasteiger partial charge >= 0.3 is 6.18 Å². The van der Waals surface area contributed by atoms with E-state index < -0.39 is 17.7 Å². The highest BCUT2D eigenvalue weighted by atomic mass is 19.4. The third-order valence-corrected chi connectivity index (χ3v) is 5.86. The molecule has 0 spiro atoms. The number of alkyl halides is 3. The number of benzene rings is 2. The molecule has 3 nitrogen and oxygen atoms in total. The van der Waals surface area contributed by atoms with Crippen LogP contribution >= 0.6 is 0 Å². The largest absolute Gasteiger partial charge is 0.416 e. The number of piperidine rings is 1. The maximum atomic E-state index is 13.4. The van der Waals surface area contributed by atoms with Crippen molar-refractivity contribution in [2.75, 3.05) is 11.4 Å². The van der Waals surface area contributed by atoms with Crippen LogP contribution in [0.15, 0.2) is 42.5 Å². The molecule has 1 N–H and O–H groups in total. The summed E-state index contributed by atoms with van der Waals surface area (Å²) in [6.45, 7) is 0.923. The van der Waals surface area contributed by atoms with Crippen molar-refractivity contribution in [3.05, 3.63) is 65.0 Å². The first-order valence-electron chi connectivity index (χ1n) is 9.82. The van der Waals surface area contributed by atoms with Crippen molar-refractivity contribution >= 4 is 11.6 Å². The Balaban J connectivity index is 1.57. The van der Waals surface area contributed by atoms with E-state index in [4.69, 9.17) is 0 Å². The van der Waals surface area contributed by atoms with Crippen molar-refractivity contribution < 1.29 is 22.4 Å². The minimum Gasteiger partial charge on any atom is -0.368 e. The van der Waals surface area contributed by atoms with Gasteiger partial charge in [-0.1, -0.05) is 12.1 Å². The Bertz CT molecular complexity index is 912. The van der Waals surface area contributed by atoms with E-state index in [2.05, 4.69) is 10.2 Å². The van der Waals surface area contributed by atoms with Gasteiger partial charge in [0.1, 0.15) is 5.82 Å². The van der Waals surface area contributed by atoms with Crippen molar-refractivity contribution in [3.63, 3.8) is 0 Å². The van der Waals surface area contributed by atoms with Crippen molar-refractivity contribution in [1.82, 2.24) is 5.32 Å². The predicted octanol–water partition coefficient (Wildman–Crippen LogP) is 4.69. The number of hydrogen-bond donors (Lipinski definition) is 1. The Morgan fingerprint density at radius 1 is 1.14 bits per heavy atom. The number of rotatable bonds is 3. The molecule has 0 saturated carbocycles. The highest BCUT2D eigenvalue weighted by Crippen LogP contribution is 2.41. The lowest BCUT2D eigenvalue weighted by Crippen LogP contribution is -2.53. The van der Waals surface area contributed by atoms with Gasteiger partial charge in [-0.05, 0) is 67.1 Å². The quantitative estimate of drug-likeness (QED) is 0.750. The van der Waals surface area contributed by atoms with Crippen LogP contribution in [-0.2, 0) is 23.9 Å². The van der Waals surface area contributed by atoms with Crippen molar-refractivity contribution in [1.29, 1.82) is 0 Å². The Labute approximate surface area is 166 Å². The van der Waals surface area contributed by atoms with Crippen molar-refractivity contribution in [2.45, 2.75) is 44.4 Å². The molecule has 7 heteroatoms. The fourth-order valence-electron chi connectivity index (χ4n) is 4.49. The van der Waals surface area contributed by atoms with Gasteiger partial charge in [-0.15, -0.1) is 0 Å². The average Bonchev–Trinajstić information content (AvgIpc) is 2.70. The van der Waals surface area contributed by atoms with Gasteiger partial charge in [0.15, 0.2) is 0 Å².